The number of Topliss-reactive ketones (excluding diaryl/α,β-unsaturated/α-hetero) is 1. The number of fused-ring (bicyclic) bond motifs is 1. The summed E-state index contributed by atoms with van der Waals surface area (Å²) in [6.45, 7) is 5.40. The second kappa shape index (κ2) is 5.76. The van der Waals surface area contributed by atoms with Crippen LogP contribution in [0.15, 0.2) is 0 Å². The van der Waals surface area contributed by atoms with Crippen LogP contribution in [0.4, 0.5) is 0 Å². The maximum absolute atomic E-state index is 11.8. The number of phenols is 1. The van der Waals surface area contributed by atoms with Crippen molar-refractivity contribution in [2.45, 2.75) is 40.2 Å². The van der Waals surface area contributed by atoms with Crippen LogP contribution in [0, 0.1) is 12.8 Å². The van der Waals surface area contributed by atoms with Crippen molar-refractivity contribution in [3.05, 3.63) is 22.3 Å². The summed E-state index contributed by atoms with van der Waals surface area (Å²) in [5.41, 5.74) is 2.29. The molecule has 0 spiro atoms. The summed E-state index contributed by atoms with van der Waals surface area (Å²) in [6.07, 6.45) is 1.06. The molecule has 0 amide bonds. The zero-order valence-corrected chi connectivity index (χ0v) is 12.8. The second-order valence-electron chi connectivity index (χ2n) is 5.47. The van der Waals surface area contributed by atoms with Crippen LogP contribution in [0.25, 0.3) is 0 Å². The number of aromatic hydroxyl groups is 1. The molecule has 1 heterocycles. The number of carbonyl (C=O) groups excluding carboxylic acids is 2. The Hall–Kier alpha value is -2.04. The predicted octanol–water partition coefficient (Wildman–Crippen LogP) is 2.54. The smallest absolute Gasteiger partial charge is 0.342 e. The zero-order valence-electron chi connectivity index (χ0n) is 12.8. The number of methoxy groups -OCH3 is 1. The van der Waals surface area contributed by atoms with Gasteiger partial charge in [-0.05, 0) is 32.3 Å². The van der Waals surface area contributed by atoms with Gasteiger partial charge in [-0.3, -0.25) is 4.79 Å². The normalized spacial score (nSPS) is 14.6. The summed E-state index contributed by atoms with van der Waals surface area (Å²) in [5, 5.41) is 10.4. The zero-order chi connectivity index (χ0) is 15.7. The van der Waals surface area contributed by atoms with E-state index in [2.05, 4.69) is 0 Å². The van der Waals surface area contributed by atoms with Crippen LogP contribution in [-0.4, -0.2) is 24.0 Å². The fourth-order valence-electron chi connectivity index (χ4n) is 2.63. The number of ether oxygens (including phenoxy) is 2. The van der Waals surface area contributed by atoms with Gasteiger partial charge < -0.3 is 14.6 Å². The molecule has 1 atom stereocenters. The van der Waals surface area contributed by atoms with Crippen molar-refractivity contribution < 1.29 is 24.2 Å². The van der Waals surface area contributed by atoms with Crippen molar-refractivity contribution >= 4 is 11.8 Å². The maximum atomic E-state index is 11.8. The highest BCUT2D eigenvalue weighted by atomic mass is 16.5. The van der Waals surface area contributed by atoms with Crippen molar-refractivity contribution in [2.75, 3.05) is 7.11 Å². The molecule has 0 bridgehead atoms. The number of carbonyl (C=O) groups is 2. The molecule has 1 aliphatic heterocycles. The van der Waals surface area contributed by atoms with E-state index in [1.165, 1.54) is 7.11 Å². The summed E-state index contributed by atoms with van der Waals surface area (Å²) < 4.78 is 10.4. The molecule has 0 radical (unpaired) electrons. The highest BCUT2D eigenvalue weighted by molar-refractivity contribution is 5.98. The molecule has 1 N–H and O–H groups in total. The minimum absolute atomic E-state index is 0.0781. The molecule has 1 aromatic rings. The van der Waals surface area contributed by atoms with Gasteiger partial charge in [0.15, 0.2) is 0 Å². The van der Waals surface area contributed by atoms with Crippen LogP contribution in [0.1, 0.15) is 47.3 Å². The molecule has 5 nitrogen and oxygen atoms in total. The fourth-order valence-corrected chi connectivity index (χ4v) is 2.63. The first-order valence-corrected chi connectivity index (χ1v) is 6.97. The van der Waals surface area contributed by atoms with Crippen molar-refractivity contribution in [1.29, 1.82) is 0 Å². The Morgan fingerprint density at radius 2 is 2.14 bits per heavy atom. The molecular formula is C16H20O5. The molecule has 0 saturated carbocycles. The predicted molar refractivity (Wildman–Crippen MR) is 76.7 cm³/mol. The Balaban J connectivity index is 2.45. The van der Waals surface area contributed by atoms with Gasteiger partial charge >= 0.3 is 5.97 Å². The SMILES string of the molecule is COc1c(C)c2c(c(O)c1CCC(C)C(C)=O)C(=O)OC2. The molecule has 1 aromatic carbocycles. The average Bonchev–Trinajstić information content (AvgIpc) is 2.83. The first kappa shape index (κ1) is 15.4. The highest BCUT2D eigenvalue weighted by Gasteiger charge is 2.32. The molecular weight excluding hydrogens is 272 g/mol. The summed E-state index contributed by atoms with van der Waals surface area (Å²) in [5.74, 6) is -0.0134. The number of hydrogen-bond acceptors (Lipinski definition) is 5. The molecule has 2 rings (SSSR count). The van der Waals surface area contributed by atoms with E-state index in [1.807, 2.05) is 13.8 Å². The molecule has 114 valence electrons. The van der Waals surface area contributed by atoms with Gasteiger partial charge in [-0.15, -0.1) is 0 Å². The number of esters is 1. The minimum atomic E-state index is -0.505. The van der Waals surface area contributed by atoms with Crippen LogP contribution in [-0.2, 0) is 22.6 Å². The lowest BCUT2D eigenvalue weighted by Gasteiger charge is -2.17. The Kier molecular flexibility index (Phi) is 4.21. The Morgan fingerprint density at radius 1 is 1.48 bits per heavy atom. The Morgan fingerprint density at radius 3 is 2.71 bits per heavy atom. The number of phenolic OH excluding ortho intramolecular Hbond substituents is 1. The first-order valence-electron chi connectivity index (χ1n) is 6.97. The lowest BCUT2D eigenvalue weighted by atomic mass is 9.92. The Labute approximate surface area is 123 Å². The second-order valence-corrected chi connectivity index (χ2v) is 5.47. The number of hydrogen-bond donors (Lipinski definition) is 1. The van der Waals surface area contributed by atoms with Crippen LogP contribution in [0.3, 0.4) is 0 Å². The first-order chi connectivity index (χ1) is 9.88. The van der Waals surface area contributed by atoms with Crippen LogP contribution >= 0.6 is 0 Å². The minimum Gasteiger partial charge on any atom is -0.507 e. The van der Waals surface area contributed by atoms with Gasteiger partial charge in [0.1, 0.15) is 29.5 Å². The van der Waals surface area contributed by atoms with E-state index in [0.717, 1.165) is 5.56 Å². The highest BCUT2D eigenvalue weighted by Crippen LogP contribution is 2.42. The summed E-state index contributed by atoms with van der Waals surface area (Å²) in [4.78, 5) is 23.1. The summed E-state index contributed by atoms with van der Waals surface area (Å²) >= 11 is 0. The monoisotopic (exact) mass is 292 g/mol. The van der Waals surface area contributed by atoms with Gasteiger partial charge in [-0.1, -0.05) is 6.92 Å². The van der Waals surface area contributed by atoms with Gasteiger partial charge in [0.25, 0.3) is 0 Å². The molecule has 1 aliphatic rings. The Bertz CT molecular complexity index is 603. The van der Waals surface area contributed by atoms with Gasteiger partial charge in [0.05, 0.1) is 7.11 Å². The quantitative estimate of drug-likeness (QED) is 0.844. The van der Waals surface area contributed by atoms with Gasteiger partial charge in [-0.2, -0.15) is 0 Å². The van der Waals surface area contributed by atoms with E-state index in [4.69, 9.17) is 9.47 Å². The standard InChI is InChI=1S/C16H20O5/c1-8(10(3)17)5-6-11-14(18)13-12(7-21-16(13)19)9(2)15(11)20-4/h8,18H,5-7H2,1-4H3. The molecule has 21 heavy (non-hydrogen) atoms. The van der Waals surface area contributed by atoms with Crippen LogP contribution < -0.4 is 4.74 Å². The summed E-state index contributed by atoms with van der Waals surface area (Å²) in [6, 6.07) is 0. The van der Waals surface area contributed by atoms with E-state index in [1.54, 1.807) is 6.92 Å². The largest absolute Gasteiger partial charge is 0.507 e. The third kappa shape index (κ3) is 2.60. The number of ketones is 1. The van der Waals surface area contributed by atoms with Crippen LogP contribution in [0.2, 0.25) is 0 Å². The van der Waals surface area contributed by atoms with Crippen molar-refractivity contribution in [1.82, 2.24) is 0 Å². The van der Waals surface area contributed by atoms with Crippen LogP contribution in [0.5, 0.6) is 11.5 Å². The van der Waals surface area contributed by atoms with Crippen molar-refractivity contribution in [2.24, 2.45) is 5.92 Å². The van der Waals surface area contributed by atoms with E-state index >= 15 is 0 Å². The van der Waals surface area contributed by atoms with E-state index in [-0.39, 0.29) is 29.6 Å². The lowest BCUT2D eigenvalue weighted by molar-refractivity contribution is -0.120. The van der Waals surface area contributed by atoms with Gasteiger partial charge in [-0.25, -0.2) is 4.79 Å². The van der Waals surface area contributed by atoms with Crippen molar-refractivity contribution in [3.8, 4) is 11.5 Å². The van der Waals surface area contributed by atoms with E-state index in [0.29, 0.717) is 29.7 Å². The van der Waals surface area contributed by atoms with Gasteiger partial charge in [0, 0.05) is 17.0 Å². The lowest BCUT2D eigenvalue weighted by Crippen LogP contribution is -2.09. The molecule has 0 fully saturated rings. The molecule has 0 aliphatic carbocycles. The van der Waals surface area contributed by atoms with Gasteiger partial charge in [0.2, 0.25) is 0 Å². The number of rotatable bonds is 5. The third-order valence-corrected chi connectivity index (χ3v) is 4.17. The van der Waals surface area contributed by atoms with E-state index in [9.17, 15) is 14.7 Å². The van der Waals surface area contributed by atoms with Crippen molar-refractivity contribution in [3.63, 3.8) is 0 Å². The number of benzene rings is 1. The van der Waals surface area contributed by atoms with E-state index < -0.39 is 5.97 Å². The molecule has 0 saturated heterocycles. The molecule has 1 unspecified atom stereocenters. The topological polar surface area (TPSA) is 72.8 Å². The fraction of sp³-hybridized carbons (Fsp3) is 0.500. The number of cyclic esters (lactones) is 1. The summed E-state index contributed by atoms with van der Waals surface area (Å²) in [7, 11) is 1.53. The maximum Gasteiger partial charge on any atom is 0.342 e. The third-order valence-electron chi connectivity index (χ3n) is 4.17. The molecule has 0 aromatic heterocycles. The molecule has 5 heteroatoms. The average molecular weight is 292 g/mol.